The molecule has 128 valence electrons. The number of fused-ring (bicyclic) bond motifs is 1. The number of carbonyl (C=O) groups is 1. The van der Waals surface area contributed by atoms with Crippen molar-refractivity contribution in [3.8, 4) is 0 Å². The van der Waals surface area contributed by atoms with Crippen LogP contribution in [0.5, 0.6) is 0 Å². The molecule has 1 heterocycles. The van der Waals surface area contributed by atoms with E-state index in [0.717, 1.165) is 30.3 Å². The number of carboxylic acids is 1. The Kier molecular flexibility index (Phi) is 4.09. The third-order valence-electron chi connectivity index (χ3n) is 3.42. The number of hydrogen-bond donors (Lipinski definition) is 2. The third kappa shape index (κ3) is 3.13. The molecule has 25 heavy (non-hydrogen) atoms. The summed E-state index contributed by atoms with van der Waals surface area (Å²) in [6.45, 7) is 0. The number of nitrogens with zero attached hydrogens (tertiary/aromatic N) is 1. The van der Waals surface area contributed by atoms with Crippen LogP contribution in [-0.2, 0) is 10.0 Å². The van der Waals surface area contributed by atoms with Crippen LogP contribution in [0, 0.1) is 11.6 Å². The van der Waals surface area contributed by atoms with Crippen LogP contribution in [-0.4, -0.2) is 24.5 Å². The minimum atomic E-state index is -4.18. The lowest BCUT2D eigenvalue weighted by atomic mass is 10.2. The highest BCUT2D eigenvalue weighted by Crippen LogP contribution is 2.26. The molecule has 0 saturated heterocycles. The van der Waals surface area contributed by atoms with E-state index >= 15 is 0 Å². The van der Waals surface area contributed by atoms with Crippen LogP contribution in [0.2, 0.25) is 0 Å². The zero-order chi connectivity index (χ0) is 18.2. The van der Waals surface area contributed by atoms with Gasteiger partial charge in [-0.2, -0.15) is 0 Å². The van der Waals surface area contributed by atoms with E-state index in [4.69, 9.17) is 5.11 Å². The first-order chi connectivity index (χ1) is 11.8. The van der Waals surface area contributed by atoms with E-state index in [1.807, 2.05) is 0 Å². The molecule has 6 nitrogen and oxygen atoms in total. The molecule has 0 saturated carbocycles. The topological polar surface area (TPSA) is 96.4 Å². The third-order valence-corrected chi connectivity index (χ3v) is 4.86. The molecular weight excluding hydrogens is 354 g/mol. The van der Waals surface area contributed by atoms with E-state index in [1.54, 1.807) is 0 Å². The first-order valence-electron chi connectivity index (χ1n) is 6.88. The summed E-state index contributed by atoms with van der Waals surface area (Å²) in [5.74, 6) is -3.20. The lowest BCUT2D eigenvalue weighted by Crippen LogP contribution is -2.14. The van der Waals surface area contributed by atoms with Crippen LogP contribution >= 0.6 is 0 Å². The summed E-state index contributed by atoms with van der Waals surface area (Å²) in [6.07, 6.45) is 1.33. The SMILES string of the molecule is O=C(O)c1cc(NS(=O)(=O)c2ccc(F)c3ncccc23)ccc1F. The Labute approximate surface area is 140 Å². The van der Waals surface area contributed by atoms with Crippen molar-refractivity contribution in [3.63, 3.8) is 0 Å². The van der Waals surface area contributed by atoms with Gasteiger partial charge in [0.05, 0.1) is 10.5 Å². The van der Waals surface area contributed by atoms with E-state index < -0.39 is 33.2 Å². The fourth-order valence-corrected chi connectivity index (χ4v) is 3.56. The van der Waals surface area contributed by atoms with Gasteiger partial charge in [-0.05, 0) is 42.5 Å². The quantitative estimate of drug-likeness (QED) is 0.742. The number of aromatic nitrogens is 1. The fourth-order valence-electron chi connectivity index (χ4n) is 2.31. The van der Waals surface area contributed by atoms with E-state index in [2.05, 4.69) is 9.71 Å². The molecule has 2 aromatic carbocycles. The average molecular weight is 364 g/mol. The summed E-state index contributed by atoms with van der Waals surface area (Å²) < 4.78 is 54.5. The number of nitrogens with one attached hydrogen (secondary N) is 1. The predicted molar refractivity (Wildman–Crippen MR) is 85.9 cm³/mol. The Morgan fingerprint density at radius 2 is 1.80 bits per heavy atom. The standard InChI is InChI=1S/C16H10F2N2O4S/c17-12-4-3-9(8-11(12)16(21)22)20-25(23,24)14-6-5-13(18)15-10(14)2-1-7-19-15/h1-8,20H,(H,21,22). The van der Waals surface area contributed by atoms with Crippen LogP contribution in [0.3, 0.4) is 0 Å². The van der Waals surface area contributed by atoms with Crippen LogP contribution in [0.1, 0.15) is 10.4 Å². The van der Waals surface area contributed by atoms with Gasteiger partial charge in [-0.3, -0.25) is 9.71 Å². The molecule has 0 atom stereocenters. The first-order valence-corrected chi connectivity index (χ1v) is 8.37. The Hall–Kier alpha value is -3.07. The molecular formula is C16H10F2N2O4S. The zero-order valence-electron chi connectivity index (χ0n) is 12.4. The Morgan fingerprint density at radius 3 is 2.52 bits per heavy atom. The maximum atomic E-state index is 13.8. The molecule has 2 N–H and O–H groups in total. The molecule has 0 amide bonds. The van der Waals surface area contributed by atoms with E-state index in [9.17, 15) is 22.0 Å². The van der Waals surface area contributed by atoms with Gasteiger partial charge in [-0.25, -0.2) is 22.0 Å². The van der Waals surface area contributed by atoms with E-state index in [0.29, 0.717) is 0 Å². The summed E-state index contributed by atoms with van der Waals surface area (Å²) in [4.78, 5) is 14.5. The molecule has 3 aromatic rings. The molecule has 0 radical (unpaired) electrons. The van der Waals surface area contributed by atoms with Crippen molar-refractivity contribution in [1.29, 1.82) is 0 Å². The second-order valence-corrected chi connectivity index (χ2v) is 6.70. The van der Waals surface area contributed by atoms with Gasteiger partial charge >= 0.3 is 5.97 Å². The highest BCUT2D eigenvalue weighted by molar-refractivity contribution is 7.93. The van der Waals surface area contributed by atoms with Gasteiger partial charge < -0.3 is 5.11 Å². The summed E-state index contributed by atoms with van der Waals surface area (Å²) in [5, 5.41) is 8.98. The summed E-state index contributed by atoms with van der Waals surface area (Å²) in [7, 11) is -4.18. The highest BCUT2D eigenvalue weighted by Gasteiger charge is 2.21. The predicted octanol–water partition coefficient (Wildman–Crippen LogP) is 3.01. The van der Waals surface area contributed by atoms with Crippen molar-refractivity contribution in [2.45, 2.75) is 4.90 Å². The van der Waals surface area contributed by atoms with Gasteiger partial charge in [-0.15, -0.1) is 0 Å². The van der Waals surface area contributed by atoms with Gasteiger partial charge in [0.2, 0.25) is 0 Å². The fraction of sp³-hybridized carbons (Fsp3) is 0. The van der Waals surface area contributed by atoms with Crippen LogP contribution < -0.4 is 4.72 Å². The lowest BCUT2D eigenvalue weighted by molar-refractivity contribution is 0.0692. The van der Waals surface area contributed by atoms with E-state index in [1.165, 1.54) is 18.3 Å². The van der Waals surface area contributed by atoms with Crippen LogP contribution in [0.4, 0.5) is 14.5 Å². The Bertz CT molecular complexity index is 1100. The van der Waals surface area contributed by atoms with Gasteiger partial charge in [-0.1, -0.05) is 0 Å². The van der Waals surface area contributed by atoms with Crippen molar-refractivity contribution >= 4 is 32.6 Å². The number of benzene rings is 2. The van der Waals surface area contributed by atoms with Gasteiger partial charge in [0.15, 0.2) is 0 Å². The van der Waals surface area contributed by atoms with E-state index in [-0.39, 0.29) is 21.5 Å². The molecule has 3 rings (SSSR count). The maximum Gasteiger partial charge on any atom is 0.338 e. The molecule has 0 spiro atoms. The van der Waals surface area contributed by atoms with Gasteiger partial charge in [0.1, 0.15) is 17.2 Å². The number of halogens is 2. The van der Waals surface area contributed by atoms with Crippen LogP contribution in [0.15, 0.2) is 53.6 Å². The molecule has 0 aliphatic heterocycles. The second kappa shape index (κ2) is 6.10. The highest BCUT2D eigenvalue weighted by atomic mass is 32.2. The number of rotatable bonds is 4. The van der Waals surface area contributed by atoms with Crippen molar-refractivity contribution < 1.29 is 27.1 Å². The molecule has 9 heteroatoms. The molecule has 0 aliphatic carbocycles. The summed E-state index contributed by atoms with van der Waals surface area (Å²) in [6, 6.07) is 7.68. The molecule has 0 aliphatic rings. The zero-order valence-corrected chi connectivity index (χ0v) is 13.2. The van der Waals surface area contributed by atoms with Gasteiger partial charge in [0, 0.05) is 17.3 Å². The molecule has 0 fully saturated rings. The van der Waals surface area contributed by atoms with Crippen molar-refractivity contribution in [1.82, 2.24) is 4.98 Å². The van der Waals surface area contributed by atoms with Crippen LogP contribution in [0.25, 0.3) is 10.9 Å². The monoisotopic (exact) mass is 364 g/mol. The van der Waals surface area contributed by atoms with Crippen molar-refractivity contribution in [2.24, 2.45) is 0 Å². The number of sulfonamides is 1. The number of aromatic carboxylic acids is 1. The number of anilines is 1. The minimum absolute atomic E-state index is 0.0653. The molecule has 0 bridgehead atoms. The summed E-state index contributed by atoms with van der Waals surface area (Å²) in [5.41, 5.74) is -0.929. The van der Waals surface area contributed by atoms with Gasteiger partial charge in [0.25, 0.3) is 10.0 Å². The average Bonchev–Trinajstić information content (AvgIpc) is 2.56. The largest absolute Gasteiger partial charge is 0.478 e. The summed E-state index contributed by atoms with van der Waals surface area (Å²) >= 11 is 0. The first kappa shape index (κ1) is 16.8. The minimum Gasteiger partial charge on any atom is -0.478 e. The number of pyridine rings is 1. The van der Waals surface area contributed by atoms with Crippen molar-refractivity contribution in [2.75, 3.05) is 4.72 Å². The number of carboxylic acid groups (broad SMARTS) is 1. The smallest absolute Gasteiger partial charge is 0.338 e. The second-order valence-electron chi connectivity index (χ2n) is 5.05. The maximum absolute atomic E-state index is 13.8. The number of hydrogen-bond acceptors (Lipinski definition) is 4. The Morgan fingerprint density at radius 1 is 1.08 bits per heavy atom. The lowest BCUT2D eigenvalue weighted by Gasteiger charge is -2.11. The Balaban J connectivity index is 2.08. The van der Waals surface area contributed by atoms with Crippen molar-refractivity contribution in [3.05, 3.63) is 65.9 Å². The molecule has 1 aromatic heterocycles. The molecule has 0 unspecified atom stereocenters. The normalized spacial score (nSPS) is 11.4.